The molecule has 0 fully saturated rings. The number of nitrogens with zero attached hydrogens (tertiary/aromatic N) is 2. The third kappa shape index (κ3) is 6.10. The Morgan fingerprint density at radius 3 is 2.62 bits per heavy atom. The molecule has 2 aromatic rings. The Hall–Kier alpha value is -1.65. The van der Waals surface area contributed by atoms with Crippen molar-refractivity contribution in [2.45, 2.75) is 38.8 Å². The van der Waals surface area contributed by atoms with Crippen LogP contribution in [0.5, 0.6) is 0 Å². The van der Waals surface area contributed by atoms with E-state index in [0.29, 0.717) is 6.61 Å². The summed E-state index contributed by atoms with van der Waals surface area (Å²) in [5.74, 6) is 0. The molecule has 0 unspecified atom stereocenters. The molecule has 1 aromatic heterocycles. The van der Waals surface area contributed by atoms with Crippen molar-refractivity contribution in [2.75, 3.05) is 13.2 Å². The Kier molecular flexibility index (Phi) is 6.98. The van der Waals surface area contributed by atoms with Gasteiger partial charge in [-0.05, 0) is 24.9 Å². The van der Waals surface area contributed by atoms with E-state index in [0.717, 1.165) is 38.9 Å². The molecule has 0 spiro atoms. The molecule has 0 aliphatic heterocycles. The fourth-order valence-corrected chi connectivity index (χ4v) is 2.30. The van der Waals surface area contributed by atoms with Crippen LogP contribution >= 0.6 is 0 Å². The smallest absolute Gasteiger partial charge is 0.0659 e. The lowest BCUT2D eigenvalue weighted by Crippen LogP contribution is -2.14. The van der Waals surface area contributed by atoms with E-state index in [-0.39, 0.29) is 0 Å². The fourth-order valence-electron chi connectivity index (χ4n) is 2.30. The zero-order chi connectivity index (χ0) is 14.8. The van der Waals surface area contributed by atoms with Crippen LogP contribution < -0.4 is 5.32 Å². The van der Waals surface area contributed by atoms with Crippen molar-refractivity contribution < 1.29 is 5.11 Å². The Morgan fingerprint density at radius 2 is 1.81 bits per heavy atom. The highest BCUT2D eigenvalue weighted by Crippen LogP contribution is 2.04. The lowest BCUT2D eigenvalue weighted by molar-refractivity contribution is 0.282. The highest BCUT2D eigenvalue weighted by atomic mass is 16.2. The zero-order valence-corrected chi connectivity index (χ0v) is 12.5. The van der Waals surface area contributed by atoms with Crippen molar-refractivity contribution in [3.8, 4) is 0 Å². The van der Waals surface area contributed by atoms with Crippen LogP contribution in [0.1, 0.15) is 36.8 Å². The first-order valence-corrected chi connectivity index (χ1v) is 7.75. The van der Waals surface area contributed by atoms with E-state index in [4.69, 9.17) is 5.11 Å². The first-order valence-electron chi connectivity index (χ1n) is 7.75. The van der Waals surface area contributed by atoms with Crippen LogP contribution in [-0.4, -0.2) is 28.0 Å². The van der Waals surface area contributed by atoms with Crippen LogP contribution in [0.2, 0.25) is 0 Å². The van der Waals surface area contributed by atoms with Crippen LogP contribution in [0, 0.1) is 0 Å². The van der Waals surface area contributed by atoms with Gasteiger partial charge in [0.25, 0.3) is 0 Å². The molecular weight excluding hydrogens is 262 g/mol. The Bertz CT molecular complexity index is 496. The van der Waals surface area contributed by atoms with E-state index in [1.54, 1.807) is 0 Å². The number of rotatable bonds is 10. The maximum absolute atomic E-state index is 8.70. The number of hydrogen-bond acceptors (Lipinski definition) is 3. The summed E-state index contributed by atoms with van der Waals surface area (Å²) in [6.45, 7) is 3.03. The molecule has 0 aliphatic rings. The molecule has 21 heavy (non-hydrogen) atoms. The Morgan fingerprint density at radius 1 is 1.00 bits per heavy atom. The number of aliphatic hydroxyl groups excluding tert-OH is 1. The van der Waals surface area contributed by atoms with E-state index in [1.165, 1.54) is 17.5 Å². The van der Waals surface area contributed by atoms with Crippen LogP contribution in [0.15, 0.2) is 42.7 Å². The maximum Gasteiger partial charge on any atom is 0.0659 e. The largest absolute Gasteiger partial charge is 0.396 e. The molecule has 0 radical (unpaired) electrons. The number of aliphatic hydroxyl groups is 1. The van der Waals surface area contributed by atoms with Crippen molar-refractivity contribution in [1.82, 2.24) is 15.1 Å². The number of hydrogen-bond donors (Lipinski definition) is 2. The second-order valence-corrected chi connectivity index (χ2v) is 5.35. The summed E-state index contributed by atoms with van der Waals surface area (Å²) in [4.78, 5) is 0. The highest BCUT2D eigenvalue weighted by molar-refractivity contribution is 5.15. The molecule has 0 saturated carbocycles. The van der Waals surface area contributed by atoms with Crippen molar-refractivity contribution in [3.05, 3.63) is 53.9 Å². The Labute approximate surface area is 126 Å². The molecule has 0 bridgehead atoms. The standard InChI is InChI=1S/C17H25N3O/c21-11-7-2-1-6-10-18-12-17-13-19-20(15-17)14-16-8-4-3-5-9-16/h3-5,8-9,13,15,18,21H,1-2,6-7,10-12,14H2. The first kappa shape index (κ1) is 15.7. The summed E-state index contributed by atoms with van der Waals surface area (Å²) in [5, 5.41) is 16.5. The summed E-state index contributed by atoms with van der Waals surface area (Å²) in [7, 11) is 0. The lowest BCUT2D eigenvalue weighted by atomic mass is 10.2. The SMILES string of the molecule is OCCCCCCNCc1cnn(Cc2ccccc2)c1. The van der Waals surface area contributed by atoms with Gasteiger partial charge in [0.15, 0.2) is 0 Å². The van der Waals surface area contributed by atoms with Crippen LogP contribution in [0.25, 0.3) is 0 Å². The van der Waals surface area contributed by atoms with E-state index >= 15 is 0 Å². The number of benzene rings is 1. The third-order valence-electron chi connectivity index (χ3n) is 3.46. The summed E-state index contributed by atoms with van der Waals surface area (Å²) < 4.78 is 1.98. The summed E-state index contributed by atoms with van der Waals surface area (Å²) in [5.41, 5.74) is 2.49. The van der Waals surface area contributed by atoms with Crippen LogP contribution in [-0.2, 0) is 13.1 Å². The highest BCUT2D eigenvalue weighted by Gasteiger charge is 1.99. The molecule has 0 saturated heterocycles. The first-order chi connectivity index (χ1) is 10.4. The minimum Gasteiger partial charge on any atom is -0.396 e. The van der Waals surface area contributed by atoms with Gasteiger partial charge in [-0.2, -0.15) is 5.10 Å². The predicted octanol–water partition coefficient (Wildman–Crippen LogP) is 2.57. The lowest BCUT2D eigenvalue weighted by Gasteiger charge is -2.03. The van der Waals surface area contributed by atoms with Crippen LogP contribution in [0.4, 0.5) is 0 Å². The normalized spacial score (nSPS) is 10.9. The van der Waals surface area contributed by atoms with Gasteiger partial charge in [-0.25, -0.2) is 0 Å². The minimum absolute atomic E-state index is 0.314. The van der Waals surface area contributed by atoms with E-state index < -0.39 is 0 Å². The van der Waals surface area contributed by atoms with Crippen molar-refractivity contribution >= 4 is 0 Å². The van der Waals surface area contributed by atoms with Crippen LogP contribution in [0.3, 0.4) is 0 Å². The van der Waals surface area contributed by atoms with Crippen molar-refractivity contribution in [1.29, 1.82) is 0 Å². The average molecular weight is 287 g/mol. The van der Waals surface area contributed by atoms with Gasteiger partial charge in [0, 0.05) is 24.9 Å². The van der Waals surface area contributed by atoms with Gasteiger partial charge in [-0.1, -0.05) is 43.2 Å². The molecule has 1 heterocycles. The number of nitrogens with one attached hydrogen (secondary N) is 1. The minimum atomic E-state index is 0.314. The molecule has 2 rings (SSSR count). The zero-order valence-electron chi connectivity index (χ0n) is 12.5. The summed E-state index contributed by atoms with van der Waals surface area (Å²) in [6, 6.07) is 10.4. The van der Waals surface area contributed by atoms with E-state index in [2.05, 4.69) is 40.9 Å². The molecule has 0 atom stereocenters. The van der Waals surface area contributed by atoms with Gasteiger partial charge in [0.1, 0.15) is 0 Å². The maximum atomic E-state index is 8.70. The van der Waals surface area contributed by atoms with Gasteiger partial charge >= 0.3 is 0 Å². The number of unbranched alkanes of at least 4 members (excludes halogenated alkanes) is 3. The third-order valence-corrected chi connectivity index (χ3v) is 3.46. The fraction of sp³-hybridized carbons (Fsp3) is 0.471. The predicted molar refractivity (Wildman–Crippen MR) is 85.0 cm³/mol. The topological polar surface area (TPSA) is 50.1 Å². The van der Waals surface area contributed by atoms with Crippen molar-refractivity contribution in [3.63, 3.8) is 0 Å². The summed E-state index contributed by atoms with van der Waals surface area (Å²) in [6.07, 6.45) is 8.42. The van der Waals surface area contributed by atoms with Gasteiger partial charge in [-0.15, -0.1) is 0 Å². The summed E-state index contributed by atoms with van der Waals surface area (Å²) >= 11 is 0. The molecule has 114 valence electrons. The van der Waals surface area contributed by atoms with Gasteiger partial charge in [0.05, 0.1) is 12.7 Å². The quantitative estimate of drug-likeness (QED) is 0.660. The van der Waals surface area contributed by atoms with Gasteiger partial charge in [-0.3, -0.25) is 4.68 Å². The second kappa shape index (κ2) is 9.32. The Balaban J connectivity index is 1.64. The van der Waals surface area contributed by atoms with E-state index in [1.807, 2.05) is 16.9 Å². The monoisotopic (exact) mass is 287 g/mol. The average Bonchev–Trinajstić information content (AvgIpc) is 2.95. The van der Waals surface area contributed by atoms with Gasteiger partial charge in [0.2, 0.25) is 0 Å². The second-order valence-electron chi connectivity index (χ2n) is 5.35. The van der Waals surface area contributed by atoms with Gasteiger partial charge < -0.3 is 10.4 Å². The molecule has 4 heteroatoms. The molecular formula is C17H25N3O. The molecule has 4 nitrogen and oxygen atoms in total. The molecule has 0 amide bonds. The van der Waals surface area contributed by atoms with E-state index in [9.17, 15) is 0 Å². The molecule has 2 N–H and O–H groups in total. The number of aromatic nitrogens is 2. The molecule has 0 aliphatic carbocycles. The molecule has 1 aromatic carbocycles. The van der Waals surface area contributed by atoms with Crippen molar-refractivity contribution in [2.24, 2.45) is 0 Å².